The van der Waals surface area contributed by atoms with Gasteiger partial charge in [-0.1, -0.05) is 40.5 Å². The largest absolute Gasteiger partial charge is 0.303 e. The van der Waals surface area contributed by atoms with Gasteiger partial charge in [0.15, 0.2) is 0 Å². The number of hydrogen-bond donors (Lipinski definition) is 0. The summed E-state index contributed by atoms with van der Waals surface area (Å²) in [5.41, 5.74) is 0.582. The highest BCUT2D eigenvalue weighted by Crippen LogP contribution is 2.57. The normalized spacial score (nSPS) is 35.9. The summed E-state index contributed by atoms with van der Waals surface area (Å²) in [5, 5.41) is 0. The first-order valence-electron chi connectivity index (χ1n) is 5.93. The van der Waals surface area contributed by atoms with Crippen molar-refractivity contribution < 1.29 is 4.79 Å². The monoisotopic (exact) mass is 196 g/mol. The summed E-state index contributed by atoms with van der Waals surface area (Å²) in [6.45, 7) is 9.15. The summed E-state index contributed by atoms with van der Waals surface area (Å²) < 4.78 is 0. The van der Waals surface area contributed by atoms with E-state index in [1.165, 1.54) is 32.0 Å². The second kappa shape index (κ2) is 4.04. The van der Waals surface area contributed by atoms with E-state index in [0.717, 1.165) is 6.42 Å². The highest BCUT2D eigenvalue weighted by Gasteiger charge is 2.50. The molecule has 0 aromatic rings. The SMILES string of the molecule is CCCC[C@@]1(C)CC[C@@H](C=O)C1(C)C. The smallest absolute Gasteiger partial charge is 0.123 e. The summed E-state index contributed by atoms with van der Waals surface area (Å²) in [6.07, 6.45) is 7.33. The Labute approximate surface area is 88.3 Å². The Hall–Kier alpha value is -0.330. The molecule has 0 radical (unpaired) electrons. The molecule has 0 heterocycles. The number of carbonyl (C=O) groups is 1. The van der Waals surface area contributed by atoms with Gasteiger partial charge in [0.2, 0.25) is 0 Å². The van der Waals surface area contributed by atoms with Crippen LogP contribution < -0.4 is 0 Å². The first-order chi connectivity index (χ1) is 6.48. The second-order valence-corrected chi connectivity index (χ2v) is 5.67. The lowest BCUT2D eigenvalue weighted by atomic mass is 9.64. The molecule has 0 aromatic carbocycles. The molecule has 1 saturated carbocycles. The van der Waals surface area contributed by atoms with E-state index < -0.39 is 0 Å². The molecule has 0 amide bonds. The van der Waals surface area contributed by atoms with Gasteiger partial charge in [0.05, 0.1) is 0 Å². The maximum absolute atomic E-state index is 11.0. The van der Waals surface area contributed by atoms with Gasteiger partial charge in [-0.2, -0.15) is 0 Å². The lowest BCUT2D eigenvalue weighted by Gasteiger charge is -2.40. The molecule has 1 aliphatic rings. The third-order valence-corrected chi connectivity index (χ3v) is 4.74. The number of aldehydes is 1. The van der Waals surface area contributed by atoms with Crippen molar-refractivity contribution in [1.29, 1.82) is 0 Å². The molecule has 82 valence electrons. The van der Waals surface area contributed by atoms with Crippen LogP contribution in [0.25, 0.3) is 0 Å². The van der Waals surface area contributed by atoms with Gasteiger partial charge in [-0.25, -0.2) is 0 Å². The average Bonchev–Trinajstić information content (AvgIpc) is 2.36. The zero-order valence-corrected chi connectivity index (χ0v) is 10.1. The third kappa shape index (κ3) is 1.74. The predicted molar refractivity (Wildman–Crippen MR) is 60.2 cm³/mol. The van der Waals surface area contributed by atoms with Gasteiger partial charge in [0.25, 0.3) is 0 Å². The molecule has 1 rings (SSSR count). The topological polar surface area (TPSA) is 17.1 Å². The van der Waals surface area contributed by atoms with E-state index in [9.17, 15) is 4.79 Å². The lowest BCUT2D eigenvalue weighted by Crippen LogP contribution is -2.34. The summed E-state index contributed by atoms with van der Waals surface area (Å²) in [6, 6.07) is 0. The molecule has 1 fully saturated rings. The summed E-state index contributed by atoms with van der Waals surface area (Å²) in [5.74, 6) is 0.282. The molecule has 0 saturated heterocycles. The van der Waals surface area contributed by atoms with Gasteiger partial charge in [-0.15, -0.1) is 0 Å². The van der Waals surface area contributed by atoms with Gasteiger partial charge in [0, 0.05) is 5.92 Å². The van der Waals surface area contributed by atoms with Crippen LogP contribution in [0.1, 0.15) is 59.8 Å². The maximum Gasteiger partial charge on any atom is 0.123 e. The van der Waals surface area contributed by atoms with Gasteiger partial charge < -0.3 is 4.79 Å². The molecule has 1 heteroatoms. The number of unbranched alkanes of at least 4 members (excludes halogenated alkanes) is 1. The standard InChI is InChI=1S/C13H24O/c1-5-6-8-13(4)9-7-11(10-14)12(13,2)3/h10-11H,5-9H2,1-4H3/t11-,13-/m0/s1. The molecular formula is C13H24O. The Balaban J connectivity index is 2.75. The highest BCUT2D eigenvalue weighted by atomic mass is 16.1. The van der Waals surface area contributed by atoms with Gasteiger partial charge in [0.1, 0.15) is 6.29 Å². The van der Waals surface area contributed by atoms with E-state index in [1.807, 2.05) is 0 Å². The molecule has 0 bridgehead atoms. The zero-order chi connectivity index (χ0) is 10.8. The van der Waals surface area contributed by atoms with Gasteiger partial charge in [-0.3, -0.25) is 0 Å². The zero-order valence-electron chi connectivity index (χ0n) is 10.1. The minimum Gasteiger partial charge on any atom is -0.303 e. The van der Waals surface area contributed by atoms with Crippen molar-refractivity contribution in [3.05, 3.63) is 0 Å². The lowest BCUT2D eigenvalue weighted by molar-refractivity contribution is -0.114. The molecule has 0 aromatic heterocycles. The van der Waals surface area contributed by atoms with Crippen LogP contribution in [-0.2, 0) is 4.79 Å². The van der Waals surface area contributed by atoms with Crippen LogP contribution in [0.15, 0.2) is 0 Å². The van der Waals surface area contributed by atoms with Crippen molar-refractivity contribution in [3.63, 3.8) is 0 Å². The Kier molecular flexibility index (Phi) is 3.39. The molecule has 1 aliphatic carbocycles. The fourth-order valence-corrected chi connectivity index (χ4v) is 2.86. The van der Waals surface area contributed by atoms with Crippen LogP contribution in [0.4, 0.5) is 0 Å². The van der Waals surface area contributed by atoms with E-state index >= 15 is 0 Å². The van der Waals surface area contributed by atoms with Crippen LogP contribution in [-0.4, -0.2) is 6.29 Å². The van der Waals surface area contributed by atoms with Gasteiger partial charge in [-0.05, 0) is 30.1 Å². The Morgan fingerprint density at radius 2 is 2.00 bits per heavy atom. The molecule has 1 nitrogen and oxygen atoms in total. The Bertz CT molecular complexity index is 207. The van der Waals surface area contributed by atoms with E-state index in [-0.39, 0.29) is 11.3 Å². The van der Waals surface area contributed by atoms with Crippen LogP contribution in [0.3, 0.4) is 0 Å². The molecule has 0 aliphatic heterocycles. The first-order valence-corrected chi connectivity index (χ1v) is 5.93. The van der Waals surface area contributed by atoms with Crippen molar-refractivity contribution in [1.82, 2.24) is 0 Å². The molecule has 0 spiro atoms. The second-order valence-electron chi connectivity index (χ2n) is 5.67. The summed E-state index contributed by atoms with van der Waals surface area (Å²) in [4.78, 5) is 11.0. The maximum atomic E-state index is 11.0. The van der Waals surface area contributed by atoms with Crippen LogP contribution in [0, 0.1) is 16.7 Å². The molecule has 2 atom stereocenters. The number of rotatable bonds is 4. The third-order valence-electron chi connectivity index (χ3n) is 4.74. The van der Waals surface area contributed by atoms with Crippen molar-refractivity contribution >= 4 is 6.29 Å². The number of carbonyl (C=O) groups excluding carboxylic acids is 1. The minimum atomic E-state index is 0.198. The summed E-state index contributed by atoms with van der Waals surface area (Å²) in [7, 11) is 0. The van der Waals surface area contributed by atoms with Crippen LogP contribution in [0.5, 0.6) is 0 Å². The van der Waals surface area contributed by atoms with Crippen molar-refractivity contribution in [2.75, 3.05) is 0 Å². The fourth-order valence-electron chi connectivity index (χ4n) is 2.86. The van der Waals surface area contributed by atoms with Crippen LogP contribution >= 0.6 is 0 Å². The van der Waals surface area contributed by atoms with E-state index in [0.29, 0.717) is 5.41 Å². The number of hydrogen-bond acceptors (Lipinski definition) is 1. The molecule has 14 heavy (non-hydrogen) atoms. The Morgan fingerprint density at radius 1 is 1.36 bits per heavy atom. The average molecular weight is 196 g/mol. The van der Waals surface area contributed by atoms with E-state index in [4.69, 9.17) is 0 Å². The van der Waals surface area contributed by atoms with Crippen LogP contribution in [0.2, 0.25) is 0 Å². The van der Waals surface area contributed by atoms with Crippen molar-refractivity contribution in [2.24, 2.45) is 16.7 Å². The molecule has 0 unspecified atom stereocenters. The van der Waals surface area contributed by atoms with Crippen molar-refractivity contribution in [3.8, 4) is 0 Å². The quantitative estimate of drug-likeness (QED) is 0.625. The summed E-state index contributed by atoms with van der Waals surface area (Å²) >= 11 is 0. The Morgan fingerprint density at radius 3 is 2.43 bits per heavy atom. The van der Waals surface area contributed by atoms with E-state index in [2.05, 4.69) is 27.7 Å². The van der Waals surface area contributed by atoms with E-state index in [1.54, 1.807) is 0 Å². The fraction of sp³-hybridized carbons (Fsp3) is 0.923. The predicted octanol–water partition coefficient (Wildman–Crippen LogP) is 3.82. The molecule has 0 N–H and O–H groups in total. The molecular weight excluding hydrogens is 172 g/mol. The van der Waals surface area contributed by atoms with Gasteiger partial charge >= 0.3 is 0 Å². The first kappa shape index (κ1) is 11.7. The highest BCUT2D eigenvalue weighted by molar-refractivity contribution is 5.56. The van der Waals surface area contributed by atoms with Crippen molar-refractivity contribution in [2.45, 2.75) is 59.8 Å². The minimum absolute atomic E-state index is 0.198.